The quantitative estimate of drug-likeness (QED) is 0.371. The molecule has 0 aromatic heterocycles. The molecule has 0 radical (unpaired) electrons. The zero-order valence-corrected chi connectivity index (χ0v) is 12.6. The third kappa shape index (κ3) is 4.40. The maximum atomic E-state index is 4.07. The van der Waals surface area contributed by atoms with E-state index in [9.17, 15) is 0 Å². The fourth-order valence-corrected chi connectivity index (χ4v) is 2.13. The van der Waals surface area contributed by atoms with Gasteiger partial charge in [-0.05, 0) is 32.8 Å². The molecular weight excluding hydrogens is 228 g/mol. The van der Waals surface area contributed by atoms with Gasteiger partial charge in [-0.25, -0.2) is 0 Å². The lowest BCUT2D eigenvalue weighted by Crippen LogP contribution is -2.17. The summed E-state index contributed by atoms with van der Waals surface area (Å²) in [4.78, 5) is 0. The highest BCUT2D eigenvalue weighted by Gasteiger charge is 2.25. The molecule has 0 heterocycles. The summed E-state index contributed by atoms with van der Waals surface area (Å²) < 4.78 is 0. The van der Waals surface area contributed by atoms with Crippen molar-refractivity contribution < 1.29 is 0 Å². The van der Waals surface area contributed by atoms with Crippen molar-refractivity contribution in [3.05, 3.63) is 85.6 Å². The molecule has 0 aliphatic carbocycles. The molecule has 0 aromatic carbocycles. The van der Waals surface area contributed by atoms with Gasteiger partial charge in [-0.1, -0.05) is 66.8 Å². The van der Waals surface area contributed by atoms with Gasteiger partial charge in [0.15, 0.2) is 0 Å². The van der Waals surface area contributed by atoms with Crippen LogP contribution in [0.15, 0.2) is 85.6 Å². The van der Waals surface area contributed by atoms with E-state index in [1.165, 1.54) is 5.57 Å². The lowest BCUT2D eigenvalue weighted by Gasteiger charge is -2.29. The third-order valence-electron chi connectivity index (χ3n) is 3.27. The van der Waals surface area contributed by atoms with E-state index >= 15 is 0 Å². The van der Waals surface area contributed by atoms with Crippen molar-refractivity contribution >= 4 is 0 Å². The minimum atomic E-state index is -0.232. The van der Waals surface area contributed by atoms with Crippen LogP contribution in [0, 0.1) is 5.41 Å². The minimum absolute atomic E-state index is 0.232. The zero-order valence-electron chi connectivity index (χ0n) is 12.6. The van der Waals surface area contributed by atoms with Gasteiger partial charge in [-0.3, -0.25) is 0 Å². The van der Waals surface area contributed by atoms with E-state index in [0.29, 0.717) is 0 Å². The second-order valence-electron chi connectivity index (χ2n) is 4.65. The van der Waals surface area contributed by atoms with Crippen LogP contribution in [0.4, 0.5) is 0 Å². The Morgan fingerprint density at radius 2 is 1.79 bits per heavy atom. The van der Waals surface area contributed by atoms with E-state index in [-0.39, 0.29) is 5.41 Å². The molecule has 0 nitrogen and oxygen atoms in total. The monoisotopic (exact) mass is 254 g/mol. The van der Waals surface area contributed by atoms with Crippen molar-refractivity contribution in [1.29, 1.82) is 0 Å². The van der Waals surface area contributed by atoms with Gasteiger partial charge in [0.2, 0.25) is 0 Å². The van der Waals surface area contributed by atoms with Crippen LogP contribution in [0.1, 0.15) is 27.2 Å². The van der Waals surface area contributed by atoms with Crippen LogP contribution in [0.3, 0.4) is 0 Å². The van der Waals surface area contributed by atoms with E-state index in [1.54, 1.807) is 6.08 Å². The number of hydrogen-bond acceptors (Lipinski definition) is 0. The molecule has 0 rings (SSSR count). The number of hydrogen-bond donors (Lipinski definition) is 0. The summed E-state index contributed by atoms with van der Waals surface area (Å²) >= 11 is 0. The molecule has 0 N–H and O–H groups in total. The van der Waals surface area contributed by atoms with E-state index in [1.807, 2.05) is 38.2 Å². The van der Waals surface area contributed by atoms with Crippen molar-refractivity contribution in [2.75, 3.05) is 0 Å². The van der Waals surface area contributed by atoms with E-state index < -0.39 is 0 Å². The van der Waals surface area contributed by atoms with Gasteiger partial charge in [-0.2, -0.15) is 0 Å². The first-order chi connectivity index (χ1) is 8.98. The molecule has 1 unspecified atom stereocenters. The maximum absolute atomic E-state index is 4.07. The first-order valence-electron chi connectivity index (χ1n) is 6.53. The van der Waals surface area contributed by atoms with Crippen LogP contribution in [-0.4, -0.2) is 0 Å². The van der Waals surface area contributed by atoms with Crippen LogP contribution in [0.2, 0.25) is 0 Å². The third-order valence-corrected chi connectivity index (χ3v) is 3.27. The van der Waals surface area contributed by atoms with Crippen LogP contribution in [0.25, 0.3) is 0 Å². The van der Waals surface area contributed by atoms with Crippen LogP contribution in [0.5, 0.6) is 0 Å². The van der Waals surface area contributed by atoms with Gasteiger partial charge in [0.1, 0.15) is 0 Å². The van der Waals surface area contributed by atoms with Crippen molar-refractivity contribution in [3.63, 3.8) is 0 Å². The van der Waals surface area contributed by atoms with Crippen molar-refractivity contribution in [2.45, 2.75) is 27.2 Å². The molecule has 1 atom stereocenters. The molecule has 0 amide bonds. The summed E-state index contributed by atoms with van der Waals surface area (Å²) in [6.45, 7) is 21.8. The molecular formula is C19H26. The summed E-state index contributed by atoms with van der Waals surface area (Å²) in [5, 5.41) is 0. The molecule has 0 heteroatoms. The Balaban J connectivity index is 6.08. The Labute approximate surface area is 118 Å². The fraction of sp³-hybridized carbons (Fsp3) is 0.263. The Hall–Kier alpha value is -1.82. The summed E-state index contributed by atoms with van der Waals surface area (Å²) in [7, 11) is 0. The summed E-state index contributed by atoms with van der Waals surface area (Å²) in [6, 6.07) is 0. The standard InChI is InChI=1S/C19H26/c1-8-12-15-19(11-4,14-10-3)17(7)18(13-9-2)16(5)6/h8-13,15H,1,3-5,14H2,2,6-7H3. The molecule has 19 heavy (non-hydrogen) atoms. The normalized spacial score (nSPS) is 15.9. The van der Waals surface area contributed by atoms with Gasteiger partial charge in [-0.15, -0.1) is 13.2 Å². The van der Waals surface area contributed by atoms with Gasteiger partial charge in [0.05, 0.1) is 0 Å². The van der Waals surface area contributed by atoms with Crippen molar-refractivity contribution in [1.82, 2.24) is 0 Å². The lowest BCUT2D eigenvalue weighted by molar-refractivity contribution is 0.594. The first-order valence-corrected chi connectivity index (χ1v) is 6.53. The molecule has 0 bridgehead atoms. The average Bonchev–Trinajstić information content (AvgIpc) is 2.39. The number of rotatable bonds is 8. The molecule has 0 saturated carbocycles. The highest BCUT2D eigenvalue weighted by molar-refractivity contribution is 5.46. The smallest absolute Gasteiger partial charge is 0.0312 e. The van der Waals surface area contributed by atoms with Crippen LogP contribution in [-0.2, 0) is 0 Å². The fourth-order valence-electron chi connectivity index (χ4n) is 2.13. The first kappa shape index (κ1) is 17.2. The Morgan fingerprint density at radius 1 is 1.16 bits per heavy atom. The highest BCUT2D eigenvalue weighted by Crippen LogP contribution is 2.38. The van der Waals surface area contributed by atoms with Crippen LogP contribution < -0.4 is 0 Å². The lowest BCUT2D eigenvalue weighted by atomic mass is 9.74. The Morgan fingerprint density at radius 3 is 2.16 bits per heavy atom. The summed E-state index contributed by atoms with van der Waals surface area (Å²) in [5.41, 5.74) is 3.21. The minimum Gasteiger partial charge on any atom is -0.103 e. The van der Waals surface area contributed by atoms with Crippen molar-refractivity contribution in [2.24, 2.45) is 5.41 Å². The van der Waals surface area contributed by atoms with Gasteiger partial charge in [0, 0.05) is 5.41 Å². The average molecular weight is 254 g/mol. The van der Waals surface area contributed by atoms with Crippen LogP contribution >= 0.6 is 0 Å². The second kappa shape index (κ2) is 8.31. The predicted octanol–water partition coefficient (Wildman–Crippen LogP) is 5.95. The summed E-state index contributed by atoms with van der Waals surface area (Å²) in [5.74, 6) is 0. The van der Waals surface area contributed by atoms with E-state index in [2.05, 4.69) is 45.4 Å². The molecule has 102 valence electrons. The maximum Gasteiger partial charge on any atom is 0.0312 e. The molecule has 0 spiro atoms. The van der Waals surface area contributed by atoms with E-state index in [4.69, 9.17) is 0 Å². The molecule has 0 aliphatic heterocycles. The molecule has 0 saturated heterocycles. The molecule has 0 fully saturated rings. The topological polar surface area (TPSA) is 0 Å². The van der Waals surface area contributed by atoms with Crippen molar-refractivity contribution in [3.8, 4) is 0 Å². The predicted molar refractivity (Wildman–Crippen MR) is 89.1 cm³/mol. The largest absolute Gasteiger partial charge is 0.103 e. The second-order valence-corrected chi connectivity index (χ2v) is 4.65. The summed E-state index contributed by atoms with van der Waals surface area (Å²) in [6.07, 6.45) is 14.7. The van der Waals surface area contributed by atoms with Gasteiger partial charge in [0.25, 0.3) is 0 Å². The molecule has 0 aliphatic rings. The zero-order chi connectivity index (χ0) is 14.9. The Kier molecular flexibility index (Phi) is 7.52. The van der Waals surface area contributed by atoms with Gasteiger partial charge >= 0.3 is 0 Å². The SMILES string of the molecule is C=CC=CC(C=C)(CC=C)C(C)=C(C=CC)C(=C)C. The number of allylic oxidation sites excluding steroid dienone is 10. The van der Waals surface area contributed by atoms with E-state index in [0.717, 1.165) is 17.6 Å². The Bertz CT molecular complexity index is 441. The highest BCUT2D eigenvalue weighted by atomic mass is 14.3. The molecule has 0 aromatic rings. The van der Waals surface area contributed by atoms with Gasteiger partial charge < -0.3 is 0 Å².